The van der Waals surface area contributed by atoms with Crippen molar-refractivity contribution >= 4 is 120 Å². The minimum absolute atomic E-state index is 0. The van der Waals surface area contributed by atoms with Gasteiger partial charge in [-0.15, -0.1) is 39.5 Å². The Hall–Kier alpha value is -11.6. The zero-order chi connectivity index (χ0) is 103. The van der Waals surface area contributed by atoms with Crippen molar-refractivity contribution in [3.05, 3.63) is 230 Å². The molecule has 15 rings (SSSR count). The maximum Gasteiger partial charge on any atom is 1.00 e. The molecule has 6 aliphatic rings. The van der Waals surface area contributed by atoms with Crippen molar-refractivity contribution in [3.8, 4) is 51.7 Å². The van der Waals surface area contributed by atoms with Crippen molar-refractivity contribution in [1.82, 2.24) is 4.90 Å². The van der Waals surface area contributed by atoms with E-state index in [1.807, 2.05) is 0 Å². The molecule has 768 valence electrons. The monoisotopic (exact) mass is 2130 g/mol. The van der Waals surface area contributed by atoms with Gasteiger partial charge in [0.25, 0.3) is 11.8 Å². The molecule has 3 amide bonds. The molecule has 0 bridgehead atoms. The van der Waals surface area contributed by atoms with Gasteiger partial charge in [0.05, 0.1) is 90.2 Å². The number of nitrogens with two attached hydrogens (primary N) is 1. The Morgan fingerprint density at radius 1 is 0.441 bits per heavy atom. The molecule has 3 saturated carbocycles. The van der Waals surface area contributed by atoms with Gasteiger partial charge >= 0.3 is 55.9 Å². The first-order chi connectivity index (χ1) is 66.7. The summed E-state index contributed by atoms with van der Waals surface area (Å²) in [4.78, 5) is 80.5. The number of hydrogen-bond donors (Lipinski definition) is 4. The predicted molar refractivity (Wildman–Crippen MR) is 511 cm³/mol. The number of methoxy groups -OCH3 is 5. The molecule has 3 aliphatic heterocycles. The van der Waals surface area contributed by atoms with Gasteiger partial charge in [-0.2, -0.15) is 0 Å². The summed E-state index contributed by atoms with van der Waals surface area (Å²) in [7, 11) is 7.32. The number of benzene rings is 9. The number of carbonyl (C=O) groups is 6. The third kappa shape index (κ3) is 32.0. The van der Waals surface area contributed by atoms with Crippen LogP contribution in [-0.2, 0) is 57.5 Å². The minimum Gasteiger partial charge on any atom is -0.870 e. The summed E-state index contributed by atoms with van der Waals surface area (Å²) in [5, 5.41) is 16.9. The van der Waals surface area contributed by atoms with Crippen molar-refractivity contribution in [3.63, 3.8) is 0 Å². The smallest absolute Gasteiger partial charge is 0.870 e. The van der Waals surface area contributed by atoms with E-state index in [1.165, 1.54) is 43.1 Å². The van der Waals surface area contributed by atoms with Crippen molar-refractivity contribution in [2.45, 2.75) is 140 Å². The molecule has 3 fully saturated rings. The van der Waals surface area contributed by atoms with Crippen molar-refractivity contribution < 1.29 is 163 Å². The quantitative estimate of drug-likeness (QED) is 0.0103. The van der Waals surface area contributed by atoms with Crippen molar-refractivity contribution in [2.75, 3.05) is 113 Å². The number of hydrogen-bond acceptors (Lipinski definition) is 22. The van der Waals surface area contributed by atoms with Crippen LogP contribution in [0, 0.1) is 53.0 Å². The number of alkyl halides is 10. The molecule has 0 radical (unpaired) electrons. The predicted octanol–water partition coefficient (Wildman–Crippen LogP) is 19.5. The number of carboxylic acids is 1. The van der Waals surface area contributed by atoms with Gasteiger partial charge in [-0.1, -0.05) is 94.1 Å². The van der Waals surface area contributed by atoms with E-state index in [-0.39, 0.29) is 121 Å². The van der Waals surface area contributed by atoms with Gasteiger partial charge in [0.15, 0.2) is 34.7 Å². The second kappa shape index (κ2) is 51.3. The number of nitrogen functional groups attached to an aromatic ring is 1. The second-order valence-electron chi connectivity index (χ2n) is 34.4. The number of ether oxygens (including phenoxy) is 11. The molecule has 3 unspecified atom stereocenters. The first kappa shape index (κ1) is 115. The van der Waals surface area contributed by atoms with Crippen molar-refractivity contribution in [2.24, 2.45) is 35.5 Å². The van der Waals surface area contributed by atoms with Gasteiger partial charge < -0.3 is 93.8 Å². The van der Waals surface area contributed by atoms with Crippen LogP contribution in [0.25, 0.3) is 0 Å². The molecule has 3 aliphatic carbocycles. The molecule has 9 aromatic rings. The number of esters is 2. The van der Waals surface area contributed by atoms with Gasteiger partial charge in [-0.05, 0) is 198 Å². The number of halogens is 16. The molecule has 26 nitrogen and oxygen atoms in total. The normalized spacial score (nSPS) is 17.4. The number of anilines is 6. The number of nitrogens with zero attached hydrogens (tertiary/aromatic N) is 4. The van der Waals surface area contributed by atoms with Crippen LogP contribution in [0.1, 0.15) is 123 Å². The third-order valence-corrected chi connectivity index (χ3v) is 25.8. The maximum atomic E-state index is 14.4. The van der Waals surface area contributed by atoms with Gasteiger partial charge in [0, 0.05) is 137 Å². The summed E-state index contributed by atoms with van der Waals surface area (Å²) >= 11 is 21.3. The number of carbonyl (C=O) groups excluding carboxylic acids is 5. The third-order valence-electron chi connectivity index (χ3n) is 24.1. The summed E-state index contributed by atoms with van der Waals surface area (Å²) in [5.74, 6) is -5.71. The zero-order valence-electron chi connectivity index (χ0n) is 79.5. The first-order valence-corrected chi connectivity index (χ1v) is 46.7. The Morgan fingerprint density at radius 3 is 1.01 bits per heavy atom. The van der Waals surface area contributed by atoms with E-state index in [2.05, 4.69) is 80.3 Å². The maximum absolute atomic E-state index is 14.4. The van der Waals surface area contributed by atoms with E-state index >= 15 is 0 Å². The largest absolute Gasteiger partial charge is 1.00 e. The number of fused-ring (bicyclic) bond motifs is 3. The average Bonchev–Trinajstić information content (AvgIpc) is 1.65. The van der Waals surface area contributed by atoms with Crippen LogP contribution in [-0.4, -0.2) is 164 Å². The molecule has 3 atom stereocenters. The topological polar surface area (TPSA) is 317 Å². The Balaban J connectivity index is 0.000000214. The minimum atomic E-state index is -5.11. The summed E-state index contributed by atoms with van der Waals surface area (Å²) in [6.07, 6.45) is -10.4. The van der Waals surface area contributed by atoms with E-state index in [4.69, 9.17) is 83.5 Å². The van der Waals surface area contributed by atoms with E-state index in [0.717, 1.165) is 55.8 Å². The second-order valence-corrected chi connectivity index (χ2v) is 36.7. The van der Waals surface area contributed by atoms with Gasteiger partial charge in [0.1, 0.15) is 51.4 Å². The van der Waals surface area contributed by atoms with Crippen molar-refractivity contribution in [1.29, 1.82) is 0 Å². The first-order valence-electron chi connectivity index (χ1n) is 44.7. The van der Waals surface area contributed by atoms with Crippen LogP contribution in [0.2, 0.25) is 15.1 Å². The Kier molecular flexibility index (Phi) is 41.2. The van der Waals surface area contributed by atoms with Crippen LogP contribution < -0.4 is 92.6 Å². The number of carboxylic acid groups (broad SMARTS) is 1. The molecule has 9 aromatic carbocycles. The molecular weight excluding hydrogens is 2020 g/mol. The fourth-order valence-electron chi connectivity index (χ4n) is 16.9. The van der Waals surface area contributed by atoms with Crippen LogP contribution in [0.5, 0.6) is 51.7 Å². The van der Waals surface area contributed by atoms with Crippen LogP contribution >= 0.6 is 50.7 Å². The van der Waals surface area contributed by atoms with Gasteiger partial charge in [0.2, 0.25) is 5.91 Å². The number of nitrogens with one attached hydrogen (secondary N) is 2. The summed E-state index contributed by atoms with van der Waals surface area (Å²) in [6, 6.07) is 39.8. The number of rotatable bonds is 31. The fraction of sp³-hybridized carbons (Fsp3) is 0.400. The number of amides is 3. The van der Waals surface area contributed by atoms with E-state index in [9.17, 15) is 81.5 Å². The van der Waals surface area contributed by atoms with E-state index in [1.54, 1.807) is 135 Å². The van der Waals surface area contributed by atoms with E-state index in [0.29, 0.717) is 170 Å². The number of aliphatic carboxylic acids is 1. The van der Waals surface area contributed by atoms with E-state index < -0.39 is 88.5 Å². The molecule has 6 N–H and O–H groups in total. The average molecular weight is 2130 g/mol. The molecule has 43 heteroatoms. The van der Waals surface area contributed by atoms with Gasteiger partial charge in [-0.3, -0.25) is 33.7 Å². The zero-order valence-corrected chi connectivity index (χ0v) is 83.4. The van der Waals surface area contributed by atoms with Crippen LogP contribution in [0.15, 0.2) is 164 Å². The molecule has 0 aromatic heterocycles. The van der Waals surface area contributed by atoms with Crippen LogP contribution in [0.3, 0.4) is 0 Å². The summed E-state index contributed by atoms with van der Waals surface area (Å²) in [6.45, 7) is 14.0. The summed E-state index contributed by atoms with van der Waals surface area (Å²) < 4.78 is 212. The molecule has 0 saturated heterocycles. The van der Waals surface area contributed by atoms with Crippen LogP contribution in [0.4, 0.5) is 86.8 Å². The summed E-state index contributed by atoms with van der Waals surface area (Å²) in [5.41, 5.74) is 10.6. The Bertz CT molecular complexity index is 5850. The Morgan fingerprint density at radius 2 is 0.727 bits per heavy atom. The SMILES string of the molecule is CCN(C(C)C)C(C)C.COC(=O)C1CC(COc2cc(N)cc(OC)c2)C1.COC(=O)C1CC(COc2cc(NC(C(=O)N3CCc4cc(F)c(OC(F)(F)F)cc43)c3ccc(Cl)cc3)cc(OC)c2)C1.COc1cc(NC(C(=O)N2CCc3cc(F)c(OC(F)(F)F)cc32)c2ccc(Cl)cc2)cc(OCC2CC(C(=O)O)C2)c1.O=C(C(Br)c1ccc(Cl)cc1)N1CCc2cc(F)c(OC(F)(F)F)cc21.[Li+].[OH-]. The molecule has 0 spiro atoms. The standard InChI is InChI=1S/C31H29ClF4N2O6.C30H27ClF4N2O6.C17H11BrClF4NO2.C14H19NO4.C8H19N.Li.H2O/c1-41-23-12-22(13-24(14-23)43-16-17-9-20(10-17)30(40)42-2)37-28(18-3-5-21(32)6-4-18)29(39)38-8-7-19-11-25(33)27(15-26(19)38)44-31(34,35)36;1-41-22-11-21(12-23(13-22)42-15-16-8-19(9-16)29(39)40)36-27(17-2-4-20(31)5-3-17)28(38)37-7-6-18-10-24(32)26(14-25(18)37)43-30(33,34)35;18-15(9-1-3-11(19)4-2-9)16(25)24-6-5-10-7-12(20)14(8-13(10)24)26-17(21,22)23;1-17-12-5-11(15)6-13(7-12)19-8-9-3-10(4-9)14(16)18-2;1-6-9(7(2)3)8(4)5;;/h3-6,11-15,17,20,28,37H,7-10,16H2,1-2H3;2-5,10-14,16,19,27,36H,6-9,15H2,1H3,(H,39,40);1-4,7-8,15H,5-6H2;5-7,9-10H,3-4,8,15H2,1-2H3;7-8H,6H2,1-5H3;;1H2/q;;;;;+1;/p-1. The molecule has 3 heterocycles. The fourth-order valence-corrected chi connectivity index (χ4v) is 17.8. The Labute approximate surface area is 853 Å². The van der Waals surface area contributed by atoms with Gasteiger partial charge in [-0.25, -0.2) is 13.2 Å². The molecule has 143 heavy (non-hydrogen) atoms. The molecular formula is C100H106BrCl3F12LiN7O19.